The molecule has 33 heavy (non-hydrogen) atoms. The molecule has 2 aromatic heterocycles. The number of nitro benzene ring substituents is 1. The number of carboxylic acids is 1. The van der Waals surface area contributed by atoms with Crippen molar-refractivity contribution in [3.63, 3.8) is 0 Å². The van der Waals surface area contributed by atoms with Gasteiger partial charge in [0.25, 0.3) is 5.69 Å². The van der Waals surface area contributed by atoms with Crippen molar-refractivity contribution in [3.8, 4) is 11.3 Å². The number of nitrogens with zero attached hydrogens (tertiary/aromatic N) is 2. The van der Waals surface area contributed by atoms with E-state index < -0.39 is 10.9 Å². The van der Waals surface area contributed by atoms with E-state index in [2.05, 4.69) is 15.9 Å². The number of pyridine rings is 1. The van der Waals surface area contributed by atoms with Gasteiger partial charge in [0.05, 0.1) is 21.7 Å². The number of benzene rings is 2. The lowest BCUT2D eigenvalue weighted by atomic mass is 9.86. The number of para-hydroxylation sites is 1. The predicted octanol–water partition coefficient (Wildman–Crippen LogP) is 6.74. The molecular weight excluding hydrogens is 488 g/mol. The Kier molecular flexibility index (Phi) is 5.30. The molecule has 0 bridgehead atoms. The third-order valence-corrected chi connectivity index (χ3v) is 6.41. The Bertz CT molecular complexity index is 1470. The summed E-state index contributed by atoms with van der Waals surface area (Å²) in [6, 6.07) is 15.4. The summed E-state index contributed by atoms with van der Waals surface area (Å²) in [4.78, 5) is 27.4. The Hall–Kier alpha value is -3.78. The van der Waals surface area contributed by atoms with Crippen LogP contribution in [0, 0.1) is 10.1 Å². The van der Waals surface area contributed by atoms with E-state index in [4.69, 9.17) is 9.40 Å². The van der Waals surface area contributed by atoms with E-state index in [0.717, 1.165) is 24.0 Å². The van der Waals surface area contributed by atoms with Crippen LogP contribution in [-0.4, -0.2) is 21.0 Å². The Balaban J connectivity index is 1.57. The third-order valence-electron chi connectivity index (χ3n) is 5.76. The maximum absolute atomic E-state index is 12.1. The Morgan fingerprint density at radius 3 is 2.73 bits per heavy atom. The molecule has 0 radical (unpaired) electrons. The van der Waals surface area contributed by atoms with Crippen LogP contribution in [0.5, 0.6) is 0 Å². The molecule has 0 aliphatic heterocycles. The molecule has 0 atom stereocenters. The average molecular weight is 505 g/mol. The normalized spacial score (nSPS) is 14.4. The minimum atomic E-state index is -0.950. The first-order valence-corrected chi connectivity index (χ1v) is 11.1. The van der Waals surface area contributed by atoms with Crippen LogP contribution in [0.25, 0.3) is 33.9 Å². The number of halogens is 1. The zero-order valence-corrected chi connectivity index (χ0v) is 18.8. The van der Waals surface area contributed by atoms with Crippen molar-refractivity contribution in [1.29, 1.82) is 0 Å². The van der Waals surface area contributed by atoms with Gasteiger partial charge in [0.15, 0.2) is 0 Å². The topological polar surface area (TPSA) is 106 Å². The predicted molar refractivity (Wildman–Crippen MR) is 128 cm³/mol. The molecule has 0 fully saturated rings. The van der Waals surface area contributed by atoms with Crippen LogP contribution < -0.4 is 0 Å². The number of allylic oxidation sites excluding steroid dienone is 1. The van der Waals surface area contributed by atoms with Crippen molar-refractivity contribution < 1.29 is 19.2 Å². The van der Waals surface area contributed by atoms with Gasteiger partial charge in [-0.15, -0.1) is 0 Å². The second-order valence-electron chi connectivity index (χ2n) is 7.78. The number of rotatable bonds is 4. The highest BCUT2D eigenvalue weighted by Crippen LogP contribution is 2.37. The highest BCUT2D eigenvalue weighted by Gasteiger charge is 2.25. The molecule has 2 aromatic carbocycles. The van der Waals surface area contributed by atoms with E-state index in [1.165, 1.54) is 12.1 Å². The molecule has 4 aromatic rings. The van der Waals surface area contributed by atoms with Crippen molar-refractivity contribution >= 4 is 50.1 Å². The maximum Gasteiger partial charge on any atom is 0.336 e. The van der Waals surface area contributed by atoms with Crippen LogP contribution in [0.4, 0.5) is 5.69 Å². The second kappa shape index (κ2) is 8.29. The van der Waals surface area contributed by atoms with Crippen molar-refractivity contribution in [1.82, 2.24) is 4.98 Å². The number of fused-ring (bicyclic) bond motifs is 2. The van der Waals surface area contributed by atoms with E-state index >= 15 is 0 Å². The zero-order valence-electron chi connectivity index (χ0n) is 17.2. The number of furan rings is 1. The number of non-ortho nitro benzene ring substituents is 1. The summed E-state index contributed by atoms with van der Waals surface area (Å²) in [7, 11) is 0. The summed E-state index contributed by atoms with van der Waals surface area (Å²) in [5.41, 5.74) is 4.04. The lowest BCUT2D eigenvalue weighted by Gasteiger charge is -2.21. The molecule has 0 saturated heterocycles. The molecule has 0 spiro atoms. The van der Waals surface area contributed by atoms with Gasteiger partial charge in [0.2, 0.25) is 0 Å². The van der Waals surface area contributed by atoms with Crippen LogP contribution >= 0.6 is 15.9 Å². The molecule has 7 nitrogen and oxygen atoms in total. The molecule has 2 heterocycles. The number of aromatic carboxylic acids is 1. The van der Waals surface area contributed by atoms with E-state index in [9.17, 15) is 20.0 Å². The van der Waals surface area contributed by atoms with Gasteiger partial charge in [-0.3, -0.25) is 10.1 Å². The molecule has 0 unspecified atom stereocenters. The molecule has 5 rings (SSSR count). The SMILES string of the molecule is O=C(O)c1c2c(nc3ccccc13)/C(=C\c1ccc(-c3ccc([N+](=O)[O-])cc3Br)o1)CCC2. The highest BCUT2D eigenvalue weighted by molar-refractivity contribution is 9.10. The van der Waals surface area contributed by atoms with Gasteiger partial charge in [-0.1, -0.05) is 18.2 Å². The summed E-state index contributed by atoms with van der Waals surface area (Å²) in [5.74, 6) is 0.219. The summed E-state index contributed by atoms with van der Waals surface area (Å²) in [5, 5.41) is 21.5. The first-order chi connectivity index (χ1) is 15.9. The number of aromatic nitrogens is 1. The van der Waals surface area contributed by atoms with Crippen molar-refractivity contribution in [2.24, 2.45) is 0 Å². The molecule has 164 valence electrons. The van der Waals surface area contributed by atoms with Crippen molar-refractivity contribution in [3.05, 3.63) is 91.8 Å². The number of carboxylic acid groups (broad SMARTS) is 1. The van der Waals surface area contributed by atoms with Crippen LogP contribution in [-0.2, 0) is 6.42 Å². The van der Waals surface area contributed by atoms with E-state index in [-0.39, 0.29) is 5.69 Å². The van der Waals surface area contributed by atoms with E-state index in [0.29, 0.717) is 50.1 Å². The van der Waals surface area contributed by atoms with Crippen LogP contribution in [0.15, 0.2) is 63.5 Å². The quantitative estimate of drug-likeness (QED) is 0.243. The van der Waals surface area contributed by atoms with Gasteiger partial charge < -0.3 is 9.52 Å². The second-order valence-corrected chi connectivity index (χ2v) is 8.64. The van der Waals surface area contributed by atoms with Gasteiger partial charge in [0, 0.05) is 27.6 Å². The molecule has 8 heteroatoms. The zero-order chi connectivity index (χ0) is 23.1. The highest BCUT2D eigenvalue weighted by atomic mass is 79.9. The minimum absolute atomic E-state index is 0.00845. The van der Waals surface area contributed by atoms with Gasteiger partial charge in [-0.05, 0) is 76.7 Å². The van der Waals surface area contributed by atoms with E-state index in [1.807, 2.05) is 30.3 Å². The van der Waals surface area contributed by atoms with Gasteiger partial charge in [0.1, 0.15) is 11.5 Å². The Morgan fingerprint density at radius 2 is 1.97 bits per heavy atom. The smallest absolute Gasteiger partial charge is 0.336 e. The third kappa shape index (κ3) is 3.82. The summed E-state index contributed by atoms with van der Waals surface area (Å²) in [6.45, 7) is 0. The Labute approximate surface area is 196 Å². The van der Waals surface area contributed by atoms with Crippen LogP contribution in [0.2, 0.25) is 0 Å². The van der Waals surface area contributed by atoms with E-state index in [1.54, 1.807) is 18.2 Å². The number of carbonyl (C=O) groups is 1. The monoisotopic (exact) mass is 504 g/mol. The molecule has 1 aliphatic rings. The maximum atomic E-state index is 12.1. The fraction of sp³-hybridized carbons (Fsp3) is 0.120. The van der Waals surface area contributed by atoms with Gasteiger partial charge >= 0.3 is 5.97 Å². The molecule has 0 amide bonds. The molecular formula is C25H17BrN2O5. The summed E-state index contributed by atoms with van der Waals surface area (Å²) < 4.78 is 6.58. The first kappa shape index (κ1) is 21.1. The minimum Gasteiger partial charge on any atom is -0.478 e. The van der Waals surface area contributed by atoms with Gasteiger partial charge in [-0.2, -0.15) is 0 Å². The molecule has 1 N–H and O–H groups in total. The summed E-state index contributed by atoms with van der Waals surface area (Å²) in [6.07, 6.45) is 4.13. The number of hydrogen-bond donors (Lipinski definition) is 1. The largest absolute Gasteiger partial charge is 0.478 e. The van der Waals surface area contributed by atoms with Crippen molar-refractivity contribution in [2.45, 2.75) is 19.3 Å². The number of hydrogen-bond acceptors (Lipinski definition) is 5. The summed E-state index contributed by atoms with van der Waals surface area (Å²) >= 11 is 3.38. The van der Waals surface area contributed by atoms with Gasteiger partial charge in [-0.25, -0.2) is 9.78 Å². The fourth-order valence-electron chi connectivity index (χ4n) is 4.28. The first-order valence-electron chi connectivity index (χ1n) is 10.3. The molecule has 0 saturated carbocycles. The van der Waals surface area contributed by atoms with Crippen LogP contribution in [0.3, 0.4) is 0 Å². The fourth-order valence-corrected chi connectivity index (χ4v) is 4.85. The molecule has 1 aliphatic carbocycles. The van der Waals surface area contributed by atoms with Crippen molar-refractivity contribution in [2.75, 3.05) is 0 Å². The standard InChI is InChI=1S/C25H17BrN2O5/c26-20-13-15(28(31)32)8-10-17(20)22-11-9-16(33-22)12-14-4-3-6-19-23(25(29)30)18-5-1-2-7-21(18)27-24(14)19/h1-2,5,7-13H,3-4,6H2,(H,29,30)/b14-12-. The average Bonchev–Trinajstić information content (AvgIpc) is 3.25. The van der Waals surface area contributed by atoms with Crippen LogP contribution in [0.1, 0.15) is 40.2 Å². The lowest BCUT2D eigenvalue weighted by Crippen LogP contribution is -2.13. The lowest BCUT2D eigenvalue weighted by molar-refractivity contribution is -0.384. The Morgan fingerprint density at radius 1 is 1.15 bits per heavy atom. The number of nitro groups is 1.